The highest BCUT2D eigenvalue weighted by Crippen LogP contribution is 2.29. The fourth-order valence-electron chi connectivity index (χ4n) is 3.11. The van der Waals surface area contributed by atoms with E-state index in [9.17, 15) is 9.59 Å². The molecule has 0 radical (unpaired) electrons. The van der Waals surface area contributed by atoms with Crippen LogP contribution >= 0.6 is 0 Å². The number of carboxylic acids is 1. The number of nitrogens with one attached hydrogen (secondary N) is 1. The summed E-state index contributed by atoms with van der Waals surface area (Å²) in [5, 5.41) is 11.7. The Labute approximate surface area is 152 Å². The Morgan fingerprint density at radius 1 is 1.23 bits per heavy atom. The quantitative estimate of drug-likeness (QED) is 0.827. The van der Waals surface area contributed by atoms with E-state index in [4.69, 9.17) is 5.11 Å². The summed E-state index contributed by atoms with van der Waals surface area (Å²) in [5.74, 6) is -0.463. The van der Waals surface area contributed by atoms with Crippen LogP contribution in [0.4, 0.5) is 11.5 Å². The fraction of sp³-hybridized carbons (Fsp3) is 0.350. The van der Waals surface area contributed by atoms with Crippen LogP contribution in [-0.2, 0) is 0 Å². The maximum absolute atomic E-state index is 12.6. The lowest BCUT2D eigenvalue weighted by Crippen LogP contribution is -2.40. The number of benzene rings is 1. The van der Waals surface area contributed by atoms with E-state index < -0.39 is 5.97 Å². The normalized spacial score (nSPS) is 13.8. The van der Waals surface area contributed by atoms with Crippen molar-refractivity contribution in [1.82, 2.24) is 4.98 Å². The number of aryl methyl sites for hydroxylation is 1. The Morgan fingerprint density at radius 3 is 2.46 bits per heavy atom. The second-order valence-corrected chi connectivity index (χ2v) is 6.60. The molecule has 1 heterocycles. The molecule has 1 aliphatic rings. The van der Waals surface area contributed by atoms with Gasteiger partial charge in [0, 0.05) is 18.3 Å². The summed E-state index contributed by atoms with van der Waals surface area (Å²) >= 11 is 0. The number of carbonyl (C=O) groups is 2. The van der Waals surface area contributed by atoms with Crippen LogP contribution in [0.25, 0.3) is 0 Å². The number of carboxylic acid groups (broad SMARTS) is 1. The van der Waals surface area contributed by atoms with Crippen LogP contribution < -0.4 is 10.2 Å². The van der Waals surface area contributed by atoms with Crippen molar-refractivity contribution in [3.63, 3.8) is 0 Å². The Morgan fingerprint density at radius 2 is 1.92 bits per heavy atom. The van der Waals surface area contributed by atoms with Crippen molar-refractivity contribution in [2.45, 2.75) is 39.2 Å². The van der Waals surface area contributed by atoms with E-state index in [1.54, 1.807) is 18.2 Å². The minimum atomic E-state index is -0.997. The zero-order valence-corrected chi connectivity index (χ0v) is 15.0. The molecule has 0 unspecified atom stereocenters. The smallest absolute Gasteiger partial charge is 0.335 e. The molecule has 0 saturated heterocycles. The fourth-order valence-corrected chi connectivity index (χ4v) is 3.11. The Hall–Kier alpha value is -2.89. The van der Waals surface area contributed by atoms with Gasteiger partial charge in [-0.05, 0) is 75.1 Å². The number of aromatic nitrogens is 1. The molecular formula is C20H23N3O3. The number of nitrogens with zero attached hydrogens (tertiary/aromatic N) is 2. The molecule has 1 aromatic carbocycles. The molecule has 1 saturated carbocycles. The molecule has 6 nitrogen and oxygen atoms in total. The second kappa shape index (κ2) is 7.56. The summed E-state index contributed by atoms with van der Waals surface area (Å²) in [6.07, 6.45) is 3.58. The summed E-state index contributed by atoms with van der Waals surface area (Å²) in [5.41, 5.74) is 2.06. The molecule has 136 valence electrons. The maximum Gasteiger partial charge on any atom is 0.335 e. The van der Waals surface area contributed by atoms with Gasteiger partial charge < -0.3 is 15.3 Å². The van der Waals surface area contributed by atoms with Gasteiger partial charge in [-0.25, -0.2) is 9.78 Å². The molecule has 2 aromatic rings. The van der Waals surface area contributed by atoms with Crippen LogP contribution in [0.2, 0.25) is 0 Å². The third kappa shape index (κ3) is 3.85. The van der Waals surface area contributed by atoms with Crippen molar-refractivity contribution < 1.29 is 14.7 Å². The average Bonchev–Trinajstić information content (AvgIpc) is 2.57. The maximum atomic E-state index is 12.6. The number of hydrogen-bond donors (Lipinski definition) is 2. The van der Waals surface area contributed by atoms with Gasteiger partial charge in [0.25, 0.3) is 5.91 Å². The van der Waals surface area contributed by atoms with Crippen molar-refractivity contribution in [2.24, 2.45) is 0 Å². The number of aromatic carboxylic acids is 1. The molecule has 3 rings (SSSR count). The second-order valence-electron chi connectivity index (χ2n) is 6.60. The molecular weight excluding hydrogens is 330 g/mol. The Bertz CT molecular complexity index is 814. The molecule has 1 aromatic heterocycles. The summed E-state index contributed by atoms with van der Waals surface area (Å²) in [6.45, 7) is 4.92. The van der Waals surface area contributed by atoms with Crippen LogP contribution in [0, 0.1) is 6.92 Å². The lowest BCUT2D eigenvalue weighted by Gasteiger charge is -2.38. The lowest BCUT2D eigenvalue weighted by molar-refractivity contribution is 0.0696. The molecule has 1 aliphatic carbocycles. The van der Waals surface area contributed by atoms with Gasteiger partial charge in [0.05, 0.1) is 5.56 Å². The molecule has 0 atom stereocenters. The van der Waals surface area contributed by atoms with Crippen molar-refractivity contribution in [2.75, 3.05) is 16.8 Å². The first-order valence-corrected chi connectivity index (χ1v) is 8.88. The average molecular weight is 353 g/mol. The van der Waals surface area contributed by atoms with Crippen molar-refractivity contribution in [3.05, 3.63) is 53.2 Å². The molecule has 1 fully saturated rings. The van der Waals surface area contributed by atoms with Crippen LogP contribution in [0.5, 0.6) is 0 Å². The van der Waals surface area contributed by atoms with Gasteiger partial charge in [-0.3, -0.25) is 4.79 Å². The summed E-state index contributed by atoms with van der Waals surface area (Å²) < 4.78 is 0. The van der Waals surface area contributed by atoms with E-state index in [0.29, 0.717) is 17.4 Å². The van der Waals surface area contributed by atoms with Gasteiger partial charge in [-0.2, -0.15) is 0 Å². The van der Waals surface area contributed by atoms with E-state index in [0.717, 1.165) is 17.9 Å². The zero-order chi connectivity index (χ0) is 18.7. The molecule has 26 heavy (non-hydrogen) atoms. The highest BCUT2D eigenvalue weighted by atomic mass is 16.4. The SMILES string of the molecule is CCN(c1cc(C)cc(C(=O)Nc2ccc(C(=O)O)cc2)n1)C1CCC1. The summed E-state index contributed by atoms with van der Waals surface area (Å²) in [4.78, 5) is 30.3. The molecule has 0 spiro atoms. The Kier molecular flexibility index (Phi) is 5.21. The first-order valence-electron chi connectivity index (χ1n) is 8.88. The van der Waals surface area contributed by atoms with Gasteiger partial charge in [-0.15, -0.1) is 0 Å². The number of pyridine rings is 1. The van der Waals surface area contributed by atoms with Crippen LogP contribution in [0.15, 0.2) is 36.4 Å². The number of amides is 1. The zero-order valence-electron chi connectivity index (χ0n) is 15.0. The van der Waals surface area contributed by atoms with Gasteiger partial charge in [-0.1, -0.05) is 0 Å². The highest BCUT2D eigenvalue weighted by molar-refractivity contribution is 6.03. The Balaban J connectivity index is 1.79. The molecule has 1 amide bonds. The van der Waals surface area contributed by atoms with E-state index in [1.165, 1.54) is 31.4 Å². The van der Waals surface area contributed by atoms with Gasteiger partial charge >= 0.3 is 5.97 Å². The number of carbonyl (C=O) groups excluding carboxylic acids is 1. The van der Waals surface area contributed by atoms with Crippen LogP contribution in [0.1, 0.15) is 52.6 Å². The first kappa shape index (κ1) is 17.9. The monoisotopic (exact) mass is 353 g/mol. The molecule has 0 aliphatic heterocycles. The number of hydrogen-bond acceptors (Lipinski definition) is 4. The minimum Gasteiger partial charge on any atom is -0.478 e. The number of rotatable bonds is 6. The predicted molar refractivity (Wildman–Crippen MR) is 101 cm³/mol. The highest BCUT2D eigenvalue weighted by Gasteiger charge is 2.25. The van der Waals surface area contributed by atoms with Crippen molar-refractivity contribution >= 4 is 23.4 Å². The minimum absolute atomic E-state index is 0.179. The van der Waals surface area contributed by atoms with Crippen LogP contribution in [-0.4, -0.2) is 34.6 Å². The molecule has 0 bridgehead atoms. The number of anilines is 2. The molecule has 2 N–H and O–H groups in total. The predicted octanol–water partition coefficient (Wildman–Crippen LogP) is 3.72. The largest absolute Gasteiger partial charge is 0.478 e. The third-order valence-corrected chi connectivity index (χ3v) is 4.73. The van der Waals surface area contributed by atoms with Crippen LogP contribution in [0.3, 0.4) is 0 Å². The van der Waals surface area contributed by atoms with Gasteiger partial charge in [0.15, 0.2) is 0 Å². The summed E-state index contributed by atoms with van der Waals surface area (Å²) in [6, 6.07) is 10.4. The van der Waals surface area contributed by atoms with E-state index >= 15 is 0 Å². The van der Waals surface area contributed by atoms with Gasteiger partial charge in [0.2, 0.25) is 0 Å². The third-order valence-electron chi connectivity index (χ3n) is 4.73. The standard InChI is InChI=1S/C20H23N3O3/c1-3-23(16-5-4-6-16)18-12-13(2)11-17(22-18)19(24)21-15-9-7-14(8-10-15)20(25)26/h7-12,16H,3-6H2,1-2H3,(H,21,24)(H,25,26). The molecule has 6 heteroatoms. The van der Waals surface area contributed by atoms with Crippen molar-refractivity contribution in [3.8, 4) is 0 Å². The van der Waals surface area contributed by atoms with Gasteiger partial charge in [0.1, 0.15) is 11.5 Å². The van der Waals surface area contributed by atoms with E-state index in [-0.39, 0.29) is 11.5 Å². The summed E-state index contributed by atoms with van der Waals surface area (Å²) in [7, 11) is 0. The van der Waals surface area contributed by atoms with Crippen molar-refractivity contribution in [1.29, 1.82) is 0 Å². The first-order chi connectivity index (χ1) is 12.5. The lowest BCUT2D eigenvalue weighted by atomic mass is 9.91. The van der Waals surface area contributed by atoms with E-state index in [2.05, 4.69) is 22.1 Å². The van der Waals surface area contributed by atoms with E-state index in [1.807, 2.05) is 13.0 Å². The topological polar surface area (TPSA) is 82.5 Å².